The summed E-state index contributed by atoms with van der Waals surface area (Å²) in [5.74, 6) is 0. The zero-order chi connectivity index (χ0) is 14.7. The van der Waals surface area contributed by atoms with Crippen molar-refractivity contribution in [3.8, 4) is 0 Å². The summed E-state index contributed by atoms with van der Waals surface area (Å²) in [6, 6.07) is 16.2. The lowest BCUT2D eigenvalue weighted by Gasteiger charge is -2.14. The molecule has 2 aromatic carbocycles. The smallest absolute Gasteiger partial charge is 0.106 e. The first kappa shape index (κ1) is 13.8. The van der Waals surface area contributed by atoms with E-state index < -0.39 is 6.10 Å². The van der Waals surface area contributed by atoms with Crippen LogP contribution in [0.5, 0.6) is 0 Å². The average Bonchev–Trinajstić information content (AvgIpc) is 2.55. The third kappa shape index (κ3) is 2.81. The van der Waals surface area contributed by atoms with Crippen LogP contribution in [0, 0.1) is 0 Å². The number of hydrogen-bond acceptors (Lipinski definition) is 2. The Morgan fingerprint density at radius 2 is 1.76 bits per heavy atom. The Balaban J connectivity index is 1.98. The summed E-state index contributed by atoms with van der Waals surface area (Å²) in [7, 11) is 0. The maximum atomic E-state index is 10.7. The Morgan fingerprint density at radius 1 is 1.00 bits per heavy atom. The molecular weight excluding hydrogens is 258 g/mol. The molecule has 0 spiro atoms. The highest BCUT2D eigenvalue weighted by Crippen LogP contribution is 2.28. The van der Waals surface area contributed by atoms with E-state index in [1.54, 1.807) is 6.20 Å². The van der Waals surface area contributed by atoms with E-state index in [1.165, 1.54) is 5.56 Å². The van der Waals surface area contributed by atoms with Gasteiger partial charge in [0.15, 0.2) is 0 Å². The van der Waals surface area contributed by atoms with Gasteiger partial charge in [-0.25, -0.2) is 0 Å². The number of nitrogens with zero attached hydrogens (tertiary/aromatic N) is 1. The predicted molar refractivity (Wildman–Crippen MR) is 86.2 cm³/mol. The molecule has 0 amide bonds. The second kappa shape index (κ2) is 6.06. The number of benzene rings is 2. The van der Waals surface area contributed by atoms with Gasteiger partial charge in [-0.3, -0.25) is 4.98 Å². The Labute approximate surface area is 125 Å². The molecule has 2 heteroatoms. The summed E-state index contributed by atoms with van der Waals surface area (Å²) in [4.78, 5) is 4.25. The van der Waals surface area contributed by atoms with Gasteiger partial charge in [0, 0.05) is 23.3 Å². The first-order valence-corrected chi connectivity index (χ1v) is 7.39. The van der Waals surface area contributed by atoms with Gasteiger partial charge in [0.2, 0.25) is 0 Å². The molecule has 0 radical (unpaired) electrons. The van der Waals surface area contributed by atoms with Crippen molar-refractivity contribution in [2.75, 3.05) is 0 Å². The first-order chi connectivity index (χ1) is 10.3. The number of aryl methyl sites for hydroxylation is 1. The van der Waals surface area contributed by atoms with E-state index >= 15 is 0 Å². The van der Waals surface area contributed by atoms with E-state index in [-0.39, 0.29) is 0 Å². The Bertz CT molecular complexity index is 729. The maximum absolute atomic E-state index is 10.7. The van der Waals surface area contributed by atoms with Gasteiger partial charge in [0.25, 0.3) is 0 Å². The topological polar surface area (TPSA) is 33.1 Å². The summed E-state index contributed by atoms with van der Waals surface area (Å²) in [5, 5.41) is 12.8. The normalized spacial score (nSPS) is 12.5. The summed E-state index contributed by atoms with van der Waals surface area (Å²) in [5.41, 5.74) is 3.08. The molecule has 0 saturated heterocycles. The molecule has 0 aliphatic rings. The van der Waals surface area contributed by atoms with Crippen molar-refractivity contribution in [2.24, 2.45) is 0 Å². The highest BCUT2D eigenvalue weighted by atomic mass is 16.3. The van der Waals surface area contributed by atoms with E-state index in [9.17, 15) is 5.11 Å². The van der Waals surface area contributed by atoms with Crippen molar-refractivity contribution >= 4 is 10.8 Å². The molecule has 1 unspecified atom stereocenters. The number of fused-ring (bicyclic) bond motifs is 1. The Hall–Kier alpha value is -2.19. The number of aliphatic hydroxyl groups excluding tert-OH is 1. The second-order valence-electron chi connectivity index (χ2n) is 5.34. The minimum Gasteiger partial charge on any atom is -0.384 e. The van der Waals surface area contributed by atoms with E-state index in [2.05, 4.69) is 24.0 Å². The summed E-state index contributed by atoms with van der Waals surface area (Å²) >= 11 is 0. The highest BCUT2D eigenvalue weighted by Gasteiger charge is 2.13. The maximum Gasteiger partial charge on any atom is 0.106 e. The zero-order valence-electron chi connectivity index (χ0n) is 12.2. The van der Waals surface area contributed by atoms with Crippen molar-refractivity contribution in [3.05, 3.63) is 77.6 Å². The van der Waals surface area contributed by atoms with Crippen LogP contribution in [-0.2, 0) is 6.42 Å². The van der Waals surface area contributed by atoms with E-state index in [0.717, 1.165) is 34.7 Å². The molecular formula is C19H19NO. The van der Waals surface area contributed by atoms with Crippen molar-refractivity contribution in [3.63, 3.8) is 0 Å². The number of aromatic nitrogens is 1. The largest absolute Gasteiger partial charge is 0.384 e. The third-order valence-electron chi connectivity index (χ3n) is 3.83. The third-order valence-corrected chi connectivity index (χ3v) is 3.83. The van der Waals surface area contributed by atoms with Crippen LogP contribution in [0.4, 0.5) is 0 Å². The molecule has 3 aromatic rings. The van der Waals surface area contributed by atoms with Gasteiger partial charge in [-0.05, 0) is 22.9 Å². The van der Waals surface area contributed by atoms with Gasteiger partial charge in [-0.1, -0.05) is 61.9 Å². The molecule has 0 aliphatic heterocycles. The van der Waals surface area contributed by atoms with Crippen molar-refractivity contribution < 1.29 is 5.11 Å². The molecule has 3 rings (SSSR count). The van der Waals surface area contributed by atoms with Crippen molar-refractivity contribution in [1.82, 2.24) is 4.98 Å². The molecule has 1 heterocycles. The van der Waals surface area contributed by atoms with Gasteiger partial charge in [0.1, 0.15) is 6.10 Å². The molecule has 1 N–H and O–H groups in total. The summed E-state index contributed by atoms with van der Waals surface area (Å²) < 4.78 is 0. The second-order valence-corrected chi connectivity index (χ2v) is 5.34. The molecule has 106 valence electrons. The van der Waals surface area contributed by atoms with Crippen LogP contribution >= 0.6 is 0 Å². The summed E-state index contributed by atoms with van der Waals surface area (Å²) in [6.07, 6.45) is 5.16. The van der Waals surface area contributed by atoms with E-state index in [4.69, 9.17) is 0 Å². The lowest BCUT2D eigenvalue weighted by molar-refractivity contribution is 0.221. The standard InChI is InChI=1S/C19H19NO/c1-2-5-14-8-10-15(11-9-14)19(21)18-13-20-12-16-6-3-4-7-17(16)18/h3-4,6-13,19,21H,2,5H2,1H3. The van der Waals surface area contributed by atoms with Gasteiger partial charge in [-0.2, -0.15) is 0 Å². The minimum absolute atomic E-state index is 0.640. The van der Waals surface area contributed by atoms with Crippen LogP contribution in [0.2, 0.25) is 0 Å². The van der Waals surface area contributed by atoms with E-state index in [1.807, 2.05) is 42.6 Å². The number of aliphatic hydroxyl groups is 1. The molecule has 2 nitrogen and oxygen atoms in total. The SMILES string of the molecule is CCCc1ccc(C(O)c2cncc3ccccc23)cc1. The minimum atomic E-state index is -0.640. The van der Waals surface area contributed by atoms with Gasteiger partial charge in [-0.15, -0.1) is 0 Å². The van der Waals surface area contributed by atoms with Gasteiger partial charge >= 0.3 is 0 Å². The fourth-order valence-electron chi connectivity index (χ4n) is 2.69. The van der Waals surface area contributed by atoms with Crippen LogP contribution in [-0.4, -0.2) is 10.1 Å². The molecule has 0 bridgehead atoms. The average molecular weight is 277 g/mol. The fraction of sp³-hybridized carbons (Fsp3) is 0.211. The molecule has 1 atom stereocenters. The van der Waals surface area contributed by atoms with Crippen LogP contribution in [0.3, 0.4) is 0 Å². The number of hydrogen-bond donors (Lipinski definition) is 1. The number of pyridine rings is 1. The van der Waals surface area contributed by atoms with Crippen molar-refractivity contribution in [2.45, 2.75) is 25.9 Å². The summed E-state index contributed by atoms with van der Waals surface area (Å²) in [6.45, 7) is 2.17. The predicted octanol–water partition coefficient (Wildman–Crippen LogP) is 4.27. The Morgan fingerprint density at radius 3 is 2.52 bits per heavy atom. The lowest BCUT2D eigenvalue weighted by atomic mass is 9.97. The lowest BCUT2D eigenvalue weighted by Crippen LogP contribution is -2.01. The van der Waals surface area contributed by atoms with Crippen LogP contribution < -0.4 is 0 Å². The molecule has 0 fully saturated rings. The number of rotatable bonds is 4. The monoisotopic (exact) mass is 277 g/mol. The molecule has 1 aromatic heterocycles. The quantitative estimate of drug-likeness (QED) is 0.772. The highest BCUT2D eigenvalue weighted by molar-refractivity contribution is 5.85. The first-order valence-electron chi connectivity index (χ1n) is 7.39. The molecule has 0 saturated carbocycles. The van der Waals surface area contributed by atoms with Gasteiger partial charge < -0.3 is 5.11 Å². The molecule has 21 heavy (non-hydrogen) atoms. The molecule has 0 aliphatic carbocycles. The van der Waals surface area contributed by atoms with E-state index in [0.29, 0.717) is 0 Å². The van der Waals surface area contributed by atoms with Crippen LogP contribution in [0.25, 0.3) is 10.8 Å². The fourth-order valence-corrected chi connectivity index (χ4v) is 2.69. The van der Waals surface area contributed by atoms with Crippen LogP contribution in [0.1, 0.15) is 36.1 Å². The zero-order valence-corrected chi connectivity index (χ0v) is 12.2. The Kier molecular flexibility index (Phi) is 3.98. The van der Waals surface area contributed by atoms with Crippen molar-refractivity contribution in [1.29, 1.82) is 0 Å². The van der Waals surface area contributed by atoms with Crippen LogP contribution in [0.15, 0.2) is 60.9 Å². The van der Waals surface area contributed by atoms with Gasteiger partial charge in [0.05, 0.1) is 0 Å².